The first-order valence-corrected chi connectivity index (χ1v) is 7.30. The van der Waals surface area contributed by atoms with Crippen LogP contribution >= 0.6 is 0 Å². The Kier molecular flexibility index (Phi) is 4.77. The van der Waals surface area contributed by atoms with Gasteiger partial charge in [-0.15, -0.1) is 5.10 Å². The average Bonchev–Trinajstić information content (AvgIpc) is 2.93. The second-order valence-electron chi connectivity index (χ2n) is 5.49. The zero-order valence-electron chi connectivity index (χ0n) is 12.9. The smallest absolute Gasteiger partial charge is 0.0824 e. The Bertz CT molecular complexity index is 528. The quantitative estimate of drug-likeness (QED) is 0.810. The maximum Gasteiger partial charge on any atom is 0.0824 e. The molecule has 1 heterocycles. The standard InChI is InChI=1S/C16H24N4/c1-5-15-12-20(18-17-15)11-10-19(4)16-8-6-14(7-9-16)13(2)3/h6-9,12-13H,5,10-11H2,1-4H3. The van der Waals surface area contributed by atoms with Gasteiger partial charge in [-0.25, -0.2) is 0 Å². The number of anilines is 1. The predicted octanol–water partition coefficient (Wildman–Crippen LogP) is 3.10. The third kappa shape index (κ3) is 3.59. The molecule has 0 unspecified atom stereocenters. The second kappa shape index (κ2) is 6.55. The van der Waals surface area contributed by atoms with Crippen molar-refractivity contribution in [2.24, 2.45) is 0 Å². The van der Waals surface area contributed by atoms with E-state index >= 15 is 0 Å². The fraction of sp³-hybridized carbons (Fsp3) is 0.500. The van der Waals surface area contributed by atoms with Crippen LogP contribution in [-0.4, -0.2) is 28.6 Å². The van der Waals surface area contributed by atoms with E-state index in [1.807, 2.05) is 10.9 Å². The summed E-state index contributed by atoms with van der Waals surface area (Å²) in [7, 11) is 2.11. The highest BCUT2D eigenvalue weighted by Crippen LogP contribution is 2.19. The number of likely N-dealkylation sites (N-methyl/N-ethyl adjacent to an activating group) is 1. The predicted molar refractivity (Wildman–Crippen MR) is 83.2 cm³/mol. The second-order valence-corrected chi connectivity index (χ2v) is 5.49. The van der Waals surface area contributed by atoms with Crippen molar-refractivity contribution < 1.29 is 0 Å². The van der Waals surface area contributed by atoms with Crippen LogP contribution in [0.5, 0.6) is 0 Å². The lowest BCUT2D eigenvalue weighted by Crippen LogP contribution is -2.22. The van der Waals surface area contributed by atoms with Gasteiger partial charge in [-0.1, -0.05) is 38.1 Å². The van der Waals surface area contributed by atoms with Crippen molar-refractivity contribution in [2.45, 2.75) is 39.7 Å². The van der Waals surface area contributed by atoms with E-state index in [0.717, 1.165) is 25.2 Å². The van der Waals surface area contributed by atoms with Crippen LogP contribution in [0.4, 0.5) is 5.69 Å². The van der Waals surface area contributed by atoms with Crippen molar-refractivity contribution in [3.8, 4) is 0 Å². The fourth-order valence-corrected chi connectivity index (χ4v) is 2.11. The van der Waals surface area contributed by atoms with Crippen LogP contribution in [0, 0.1) is 0 Å². The highest BCUT2D eigenvalue weighted by molar-refractivity contribution is 5.47. The summed E-state index contributed by atoms with van der Waals surface area (Å²) in [5.74, 6) is 0.581. The molecule has 108 valence electrons. The summed E-state index contributed by atoms with van der Waals surface area (Å²) in [4.78, 5) is 2.25. The number of nitrogens with zero attached hydrogens (tertiary/aromatic N) is 4. The summed E-state index contributed by atoms with van der Waals surface area (Å²) in [6.45, 7) is 8.31. The molecule has 4 nitrogen and oxygen atoms in total. The van der Waals surface area contributed by atoms with E-state index in [1.165, 1.54) is 11.3 Å². The Morgan fingerprint density at radius 3 is 2.45 bits per heavy atom. The summed E-state index contributed by atoms with van der Waals surface area (Å²) in [6.07, 6.45) is 2.96. The fourth-order valence-electron chi connectivity index (χ4n) is 2.11. The Balaban J connectivity index is 1.92. The molecule has 0 saturated carbocycles. The van der Waals surface area contributed by atoms with Crippen LogP contribution in [0.25, 0.3) is 0 Å². The molecular weight excluding hydrogens is 248 g/mol. The van der Waals surface area contributed by atoms with Crippen LogP contribution < -0.4 is 4.90 Å². The summed E-state index contributed by atoms with van der Waals surface area (Å²) in [5.41, 5.74) is 3.67. The van der Waals surface area contributed by atoms with Gasteiger partial charge in [-0.3, -0.25) is 4.68 Å². The van der Waals surface area contributed by atoms with E-state index in [1.54, 1.807) is 0 Å². The van der Waals surface area contributed by atoms with Crippen molar-refractivity contribution in [1.29, 1.82) is 0 Å². The van der Waals surface area contributed by atoms with E-state index < -0.39 is 0 Å². The molecule has 4 heteroatoms. The molecule has 0 aliphatic rings. The number of hydrogen-bond acceptors (Lipinski definition) is 3. The molecular formula is C16H24N4. The summed E-state index contributed by atoms with van der Waals surface area (Å²) in [5, 5.41) is 8.24. The molecule has 2 aromatic rings. The molecule has 1 aromatic carbocycles. The molecule has 2 rings (SSSR count). The maximum absolute atomic E-state index is 4.13. The van der Waals surface area contributed by atoms with Crippen molar-refractivity contribution in [3.63, 3.8) is 0 Å². The molecule has 1 aromatic heterocycles. The first-order chi connectivity index (χ1) is 9.60. The van der Waals surface area contributed by atoms with Crippen LogP contribution in [0.2, 0.25) is 0 Å². The Labute approximate surface area is 121 Å². The van der Waals surface area contributed by atoms with Crippen molar-refractivity contribution >= 4 is 5.69 Å². The molecule has 0 bridgehead atoms. The van der Waals surface area contributed by atoms with E-state index in [9.17, 15) is 0 Å². The lowest BCUT2D eigenvalue weighted by Gasteiger charge is -2.19. The zero-order valence-corrected chi connectivity index (χ0v) is 12.9. The monoisotopic (exact) mass is 272 g/mol. The minimum Gasteiger partial charge on any atom is -0.373 e. The lowest BCUT2D eigenvalue weighted by atomic mass is 10.0. The number of aromatic nitrogens is 3. The van der Waals surface area contributed by atoms with Gasteiger partial charge >= 0.3 is 0 Å². The lowest BCUT2D eigenvalue weighted by molar-refractivity contribution is 0.587. The third-order valence-corrected chi connectivity index (χ3v) is 3.61. The first kappa shape index (κ1) is 14.6. The minimum atomic E-state index is 0.581. The first-order valence-electron chi connectivity index (χ1n) is 7.30. The summed E-state index contributed by atoms with van der Waals surface area (Å²) >= 11 is 0. The van der Waals surface area contributed by atoms with Crippen LogP contribution in [0.15, 0.2) is 30.5 Å². The van der Waals surface area contributed by atoms with E-state index in [0.29, 0.717) is 5.92 Å². The number of aryl methyl sites for hydroxylation is 1. The van der Waals surface area contributed by atoms with E-state index in [2.05, 4.69) is 67.3 Å². The van der Waals surface area contributed by atoms with Gasteiger partial charge in [0.05, 0.1) is 12.2 Å². The van der Waals surface area contributed by atoms with Gasteiger partial charge in [0.15, 0.2) is 0 Å². The molecule has 0 saturated heterocycles. The molecule has 0 N–H and O–H groups in total. The topological polar surface area (TPSA) is 34.0 Å². The van der Waals surface area contributed by atoms with E-state index in [-0.39, 0.29) is 0 Å². The van der Waals surface area contributed by atoms with Gasteiger partial charge in [0.1, 0.15) is 0 Å². The SMILES string of the molecule is CCc1cn(CCN(C)c2ccc(C(C)C)cc2)nn1. The molecule has 0 aliphatic carbocycles. The number of rotatable bonds is 6. The maximum atomic E-state index is 4.13. The average molecular weight is 272 g/mol. The van der Waals surface area contributed by atoms with Gasteiger partial charge in [-0.05, 0) is 30.0 Å². The molecule has 0 atom stereocenters. The highest BCUT2D eigenvalue weighted by Gasteiger charge is 2.04. The van der Waals surface area contributed by atoms with Crippen LogP contribution in [0.1, 0.15) is 37.9 Å². The number of benzene rings is 1. The van der Waals surface area contributed by atoms with Crippen molar-refractivity contribution in [2.75, 3.05) is 18.5 Å². The normalized spacial score (nSPS) is 11.1. The molecule has 20 heavy (non-hydrogen) atoms. The van der Waals surface area contributed by atoms with Crippen molar-refractivity contribution in [1.82, 2.24) is 15.0 Å². The third-order valence-electron chi connectivity index (χ3n) is 3.61. The largest absolute Gasteiger partial charge is 0.373 e. The molecule has 0 aliphatic heterocycles. The van der Waals surface area contributed by atoms with E-state index in [4.69, 9.17) is 0 Å². The van der Waals surface area contributed by atoms with Gasteiger partial charge in [0.2, 0.25) is 0 Å². The zero-order chi connectivity index (χ0) is 14.5. The minimum absolute atomic E-state index is 0.581. The van der Waals surface area contributed by atoms with Crippen molar-refractivity contribution in [3.05, 3.63) is 41.7 Å². The molecule has 0 radical (unpaired) electrons. The van der Waals surface area contributed by atoms with Gasteiger partial charge < -0.3 is 4.90 Å². The molecule has 0 amide bonds. The van der Waals surface area contributed by atoms with Crippen LogP contribution in [-0.2, 0) is 13.0 Å². The Morgan fingerprint density at radius 2 is 1.90 bits per heavy atom. The Hall–Kier alpha value is -1.84. The van der Waals surface area contributed by atoms with Gasteiger partial charge in [0.25, 0.3) is 0 Å². The Morgan fingerprint density at radius 1 is 1.20 bits per heavy atom. The summed E-state index contributed by atoms with van der Waals surface area (Å²) in [6, 6.07) is 8.80. The summed E-state index contributed by atoms with van der Waals surface area (Å²) < 4.78 is 1.91. The number of hydrogen-bond donors (Lipinski definition) is 0. The highest BCUT2D eigenvalue weighted by atomic mass is 15.4. The van der Waals surface area contributed by atoms with Crippen LogP contribution in [0.3, 0.4) is 0 Å². The van der Waals surface area contributed by atoms with Gasteiger partial charge in [0, 0.05) is 25.5 Å². The van der Waals surface area contributed by atoms with Gasteiger partial charge in [-0.2, -0.15) is 0 Å². The molecule has 0 fully saturated rings. The molecule has 0 spiro atoms.